The third kappa shape index (κ3) is 3.11. The van der Waals surface area contributed by atoms with Crippen LogP contribution in [0.5, 0.6) is 0 Å². The van der Waals surface area contributed by atoms with Crippen molar-refractivity contribution in [2.75, 3.05) is 25.5 Å². The van der Waals surface area contributed by atoms with E-state index in [0.717, 1.165) is 37.0 Å². The average molecular weight is 229 g/mol. The van der Waals surface area contributed by atoms with Gasteiger partial charge in [0.15, 0.2) is 0 Å². The van der Waals surface area contributed by atoms with Gasteiger partial charge in [-0.2, -0.15) is 11.8 Å². The van der Waals surface area contributed by atoms with Gasteiger partial charge < -0.3 is 10.1 Å². The summed E-state index contributed by atoms with van der Waals surface area (Å²) in [4.78, 5) is 0. The number of ether oxygens (including phenoxy) is 1. The predicted molar refractivity (Wildman–Crippen MR) is 66.5 cm³/mol. The maximum absolute atomic E-state index is 5.46. The number of rotatable bonds is 4. The van der Waals surface area contributed by atoms with Gasteiger partial charge in [-0.05, 0) is 43.9 Å². The smallest absolute Gasteiger partial charge is 0.0469 e. The van der Waals surface area contributed by atoms with Crippen LogP contribution in [0.4, 0.5) is 0 Å². The molecule has 2 aliphatic heterocycles. The van der Waals surface area contributed by atoms with Crippen molar-refractivity contribution in [2.45, 2.75) is 43.9 Å². The summed E-state index contributed by atoms with van der Waals surface area (Å²) in [6, 6.07) is 0.742. The monoisotopic (exact) mass is 229 g/mol. The second-order valence-corrected chi connectivity index (χ2v) is 5.93. The summed E-state index contributed by atoms with van der Waals surface area (Å²) in [5, 5.41) is 4.59. The van der Waals surface area contributed by atoms with Crippen molar-refractivity contribution in [3.8, 4) is 0 Å². The van der Waals surface area contributed by atoms with Crippen molar-refractivity contribution < 1.29 is 4.74 Å². The minimum atomic E-state index is 0.742. The van der Waals surface area contributed by atoms with Gasteiger partial charge in [-0.3, -0.25) is 0 Å². The molecule has 0 spiro atoms. The molecule has 0 aromatic rings. The quantitative estimate of drug-likeness (QED) is 0.799. The molecular weight excluding hydrogens is 206 g/mol. The van der Waals surface area contributed by atoms with Crippen molar-refractivity contribution in [3.63, 3.8) is 0 Å². The van der Waals surface area contributed by atoms with Gasteiger partial charge >= 0.3 is 0 Å². The molecule has 0 aromatic carbocycles. The standard InChI is InChI=1S/C12H23NOS/c1-2-13-12(11-4-3-9-15-11)10-5-7-14-8-6-10/h10-13H,2-9H2,1H3. The lowest BCUT2D eigenvalue weighted by atomic mass is 9.88. The van der Waals surface area contributed by atoms with Gasteiger partial charge in [-0.25, -0.2) is 0 Å². The van der Waals surface area contributed by atoms with Crippen LogP contribution in [0.3, 0.4) is 0 Å². The van der Waals surface area contributed by atoms with E-state index >= 15 is 0 Å². The molecule has 2 unspecified atom stereocenters. The lowest BCUT2D eigenvalue weighted by Crippen LogP contribution is -2.45. The fourth-order valence-corrected chi connectivity index (χ4v) is 4.29. The molecule has 3 heteroatoms. The van der Waals surface area contributed by atoms with Gasteiger partial charge in [0.1, 0.15) is 0 Å². The minimum absolute atomic E-state index is 0.742. The Morgan fingerprint density at radius 1 is 1.33 bits per heavy atom. The molecule has 0 bridgehead atoms. The third-order valence-electron chi connectivity index (χ3n) is 3.58. The Morgan fingerprint density at radius 3 is 2.73 bits per heavy atom. The van der Waals surface area contributed by atoms with Crippen molar-refractivity contribution >= 4 is 11.8 Å². The predicted octanol–water partition coefficient (Wildman–Crippen LogP) is 2.29. The SMILES string of the molecule is CCNC(C1CCOCC1)C1CCCS1. The van der Waals surface area contributed by atoms with E-state index in [-0.39, 0.29) is 0 Å². The summed E-state index contributed by atoms with van der Waals surface area (Å²) in [7, 11) is 0. The molecule has 2 rings (SSSR count). The molecule has 0 aromatic heterocycles. The van der Waals surface area contributed by atoms with Crippen molar-refractivity contribution in [1.29, 1.82) is 0 Å². The van der Waals surface area contributed by atoms with Gasteiger partial charge in [-0.1, -0.05) is 6.92 Å². The molecule has 0 amide bonds. The van der Waals surface area contributed by atoms with E-state index < -0.39 is 0 Å². The van der Waals surface area contributed by atoms with Gasteiger partial charge in [-0.15, -0.1) is 0 Å². The van der Waals surface area contributed by atoms with Gasteiger partial charge in [0.25, 0.3) is 0 Å². The van der Waals surface area contributed by atoms with Crippen LogP contribution in [-0.2, 0) is 4.74 Å². The summed E-state index contributed by atoms with van der Waals surface area (Å²) >= 11 is 2.18. The van der Waals surface area contributed by atoms with Crippen LogP contribution in [-0.4, -0.2) is 36.8 Å². The summed E-state index contributed by atoms with van der Waals surface area (Å²) in [5.74, 6) is 2.23. The van der Waals surface area contributed by atoms with E-state index in [0.29, 0.717) is 0 Å². The number of nitrogens with one attached hydrogen (secondary N) is 1. The van der Waals surface area contributed by atoms with E-state index in [1.165, 1.54) is 31.4 Å². The zero-order chi connectivity index (χ0) is 10.5. The molecule has 2 fully saturated rings. The molecule has 1 N–H and O–H groups in total. The molecule has 0 aliphatic carbocycles. The molecule has 2 aliphatic rings. The summed E-state index contributed by atoms with van der Waals surface area (Å²) in [5.41, 5.74) is 0. The Labute approximate surface area is 97.5 Å². The first-order valence-electron chi connectivity index (χ1n) is 6.34. The normalized spacial score (nSPS) is 30.6. The highest BCUT2D eigenvalue weighted by molar-refractivity contribution is 8.00. The maximum atomic E-state index is 5.46. The van der Waals surface area contributed by atoms with E-state index in [1.807, 2.05) is 0 Å². The molecule has 2 saturated heterocycles. The Balaban J connectivity index is 1.90. The number of hydrogen-bond donors (Lipinski definition) is 1. The molecule has 2 nitrogen and oxygen atoms in total. The topological polar surface area (TPSA) is 21.3 Å². The highest BCUT2D eigenvalue weighted by atomic mass is 32.2. The second-order valence-electron chi connectivity index (χ2n) is 4.58. The van der Waals surface area contributed by atoms with Crippen LogP contribution in [0, 0.1) is 5.92 Å². The summed E-state index contributed by atoms with van der Waals surface area (Å²) in [6.45, 7) is 5.29. The highest BCUT2D eigenvalue weighted by Crippen LogP contribution is 2.34. The third-order valence-corrected chi connectivity index (χ3v) is 5.06. The average Bonchev–Trinajstić information content (AvgIpc) is 2.80. The molecule has 15 heavy (non-hydrogen) atoms. The molecular formula is C12H23NOS. The van der Waals surface area contributed by atoms with Gasteiger partial charge in [0.2, 0.25) is 0 Å². The van der Waals surface area contributed by atoms with E-state index in [1.54, 1.807) is 0 Å². The molecule has 0 saturated carbocycles. The van der Waals surface area contributed by atoms with E-state index in [4.69, 9.17) is 4.74 Å². The van der Waals surface area contributed by atoms with E-state index in [2.05, 4.69) is 24.0 Å². The molecule has 88 valence electrons. The molecule has 2 atom stereocenters. The van der Waals surface area contributed by atoms with Crippen molar-refractivity contribution in [1.82, 2.24) is 5.32 Å². The minimum Gasteiger partial charge on any atom is -0.381 e. The van der Waals surface area contributed by atoms with Gasteiger partial charge in [0, 0.05) is 24.5 Å². The van der Waals surface area contributed by atoms with Crippen molar-refractivity contribution in [3.05, 3.63) is 0 Å². The van der Waals surface area contributed by atoms with Crippen LogP contribution >= 0.6 is 11.8 Å². The first kappa shape index (κ1) is 11.7. The highest BCUT2D eigenvalue weighted by Gasteiger charge is 2.32. The second kappa shape index (κ2) is 6.12. The Morgan fingerprint density at radius 2 is 2.13 bits per heavy atom. The first-order valence-corrected chi connectivity index (χ1v) is 7.39. The number of thioether (sulfide) groups is 1. The lowest BCUT2D eigenvalue weighted by Gasteiger charge is -2.34. The fraction of sp³-hybridized carbons (Fsp3) is 1.00. The van der Waals surface area contributed by atoms with Crippen LogP contribution < -0.4 is 5.32 Å². The zero-order valence-electron chi connectivity index (χ0n) is 9.71. The van der Waals surface area contributed by atoms with Crippen LogP contribution in [0.15, 0.2) is 0 Å². The maximum Gasteiger partial charge on any atom is 0.0469 e. The van der Waals surface area contributed by atoms with Gasteiger partial charge in [0.05, 0.1) is 0 Å². The number of hydrogen-bond acceptors (Lipinski definition) is 3. The van der Waals surface area contributed by atoms with Crippen molar-refractivity contribution in [2.24, 2.45) is 5.92 Å². The molecule has 0 radical (unpaired) electrons. The van der Waals surface area contributed by atoms with Crippen LogP contribution in [0.25, 0.3) is 0 Å². The van der Waals surface area contributed by atoms with Crippen LogP contribution in [0.2, 0.25) is 0 Å². The lowest BCUT2D eigenvalue weighted by molar-refractivity contribution is 0.0536. The van der Waals surface area contributed by atoms with E-state index in [9.17, 15) is 0 Å². The molecule has 2 heterocycles. The fourth-order valence-electron chi connectivity index (χ4n) is 2.80. The largest absolute Gasteiger partial charge is 0.381 e. The van der Waals surface area contributed by atoms with Crippen LogP contribution in [0.1, 0.15) is 32.6 Å². The Kier molecular flexibility index (Phi) is 4.79. The Hall–Kier alpha value is 0.270. The zero-order valence-corrected chi connectivity index (χ0v) is 10.5. The summed E-state index contributed by atoms with van der Waals surface area (Å²) < 4.78 is 5.46. The first-order chi connectivity index (χ1) is 7.42. The summed E-state index contributed by atoms with van der Waals surface area (Å²) in [6.07, 6.45) is 5.35. The Bertz CT molecular complexity index is 176.